The van der Waals surface area contributed by atoms with E-state index >= 15 is 0 Å². The van der Waals surface area contributed by atoms with E-state index in [0.717, 1.165) is 38.6 Å². The van der Waals surface area contributed by atoms with Crippen LogP contribution in [0.4, 0.5) is 0 Å². The van der Waals surface area contributed by atoms with E-state index in [9.17, 15) is 9.90 Å². The maximum atomic E-state index is 12.9. The fourth-order valence-corrected chi connectivity index (χ4v) is 4.01. The van der Waals surface area contributed by atoms with Crippen LogP contribution in [0.1, 0.15) is 44.6 Å². The highest BCUT2D eigenvalue weighted by Gasteiger charge is 2.47. The molecule has 1 aromatic carbocycles. The van der Waals surface area contributed by atoms with E-state index in [4.69, 9.17) is 4.74 Å². The van der Waals surface area contributed by atoms with Gasteiger partial charge in [-0.15, -0.1) is 0 Å². The Morgan fingerprint density at radius 1 is 1.23 bits per heavy atom. The van der Waals surface area contributed by atoms with Gasteiger partial charge in [-0.3, -0.25) is 0 Å². The number of rotatable bonds is 7. The van der Waals surface area contributed by atoms with Crippen molar-refractivity contribution in [1.82, 2.24) is 9.80 Å². The Kier molecular flexibility index (Phi) is 5.87. The first-order chi connectivity index (χ1) is 12.5. The molecule has 0 saturated heterocycles. The standard InChI is InChI=1S/C21H30N2O3/c1-17-22(2)14-15-23(17)13-8-16-26-20(24)21(25,19-11-6-7-12-19)18-9-4-3-5-10-18/h3-5,9-10,14-15,17,19,25H,6-8,11-13,16H2,1-2H3. The second-order valence-corrected chi connectivity index (χ2v) is 7.44. The summed E-state index contributed by atoms with van der Waals surface area (Å²) in [6.07, 6.45) is 9.01. The normalized spacial score (nSPS) is 22.7. The summed E-state index contributed by atoms with van der Waals surface area (Å²) in [6, 6.07) is 9.27. The van der Waals surface area contributed by atoms with Gasteiger partial charge in [0.2, 0.25) is 0 Å². The Morgan fingerprint density at radius 3 is 2.54 bits per heavy atom. The van der Waals surface area contributed by atoms with Crippen molar-refractivity contribution in [2.45, 2.75) is 50.8 Å². The van der Waals surface area contributed by atoms with Crippen molar-refractivity contribution in [3.05, 3.63) is 48.3 Å². The van der Waals surface area contributed by atoms with Gasteiger partial charge in [0.05, 0.1) is 12.8 Å². The van der Waals surface area contributed by atoms with Gasteiger partial charge in [0.15, 0.2) is 5.60 Å². The first-order valence-electron chi connectivity index (χ1n) is 9.64. The maximum absolute atomic E-state index is 12.9. The van der Waals surface area contributed by atoms with Crippen LogP contribution < -0.4 is 0 Å². The van der Waals surface area contributed by atoms with Crippen molar-refractivity contribution in [3.63, 3.8) is 0 Å². The molecule has 0 spiro atoms. The van der Waals surface area contributed by atoms with E-state index in [-0.39, 0.29) is 5.92 Å². The third-order valence-corrected chi connectivity index (χ3v) is 5.83. The third kappa shape index (κ3) is 3.73. The molecule has 1 aliphatic heterocycles. The zero-order valence-corrected chi connectivity index (χ0v) is 15.8. The van der Waals surface area contributed by atoms with Gasteiger partial charge in [-0.1, -0.05) is 43.2 Å². The summed E-state index contributed by atoms with van der Waals surface area (Å²) in [4.78, 5) is 17.2. The molecule has 5 heteroatoms. The summed E-state index contributed by atoms with van der Waals surface area (Å²) in [5.41, 5.74) is -0.881. The highest BCUT2D eigenvalue weighted by Crippen LogP contribution is 2.41. The minimum atomic E-state index is -1.53. The summed E-state index contributed by atoms with van der Waals surface area (Å²) < 4.78 is 5.54. The van der Waals surface area contributed by atoms with Crippen molar-refractivity contribution < 1.29 is 14.6 Å². The molecule has 3 rings (SSSR count). The van der Waals surface area contributed by atoms with Gasteiger partial charge < -0.3 is 19.6 Å². The molecule has 0 aromatic heterocycles. The number of carbonyl (C=O) groups excluding carboxylic acids is 1. The van der Waals surface area contributed by atoms with Gasteiger partial charge >= 0.3 is 5.97 Å². The highest BCUT2D eigenvalue weighted by molar-refractivity contribution is 5.81. The number of hydrogen-bond donors (Lipinski definition) is 1. The van der Waals surface area contributed by atoms with Crippen LogP contribution in [0, 0.1) is 5.92 Å². The largest absolute Gasteiger partial charge is 0.463 e. The van der Waals surface area contributed by atoms with Crippen LogP contribution in [0.15, 0.2) is 42.7 Å². The molecule has 1 fully saturated rings. The van der Waals surface area contributed by atoms with E-state index in [1.807, 2.05) is 43.6 Å². The molecule has 1 saturated carbocycles. The average molecular weight is 358 g/mol. The SMILES string of the molecule is CC1N(C)C=CN1CCCOC(=O)C(O)(c1ccccc1)C1CCCC1. The van der Waals surface area contributed by atoms with E-state index in [2.05, 4.69) is 22.9 Å². The van der Waals surface area contributed by atoms with Crippen LogP contribution in [0.5, 0.6) is 0 Å². The van der Waals surface area contributed by atoms with E-state index in [0.29, 0.717) is 18.3 Å². The lowest BCUT2D eigenvalue weighted by molar-refractivity contribution is -0.174. The molecule has 26 heavy (non-hydrogen) atoms. The van der Waals surface area contributed by atoms with Gasteiger partial charge in [0.1, 0.15) is 0 Å². The lowest BCUT2D eigenvalue weighted by Crippen LogP contribution is -2.43. The quantitative estimate of drug-likeness (QED) is 0.600. The number of nitrogens with zero attached hydrogens (tertiary/aromatic N) is 2. The molecule has 2 aliphatic rings. The first kappa shape index (κ1) is 18.8. The summed E-state index contributed by atoms with van der Waals surface area (Å²) in [6.45, 7) is 3.28. The van der Waals surface area contributed by atoms with Crippen LogP contribution >= 0.6 is 0 Å². The molecular weight excluding hydrogens is 328 g/mol. The summed E-state index contributed by atoms with van der Waals surface area (Å²) in [5, 5.41) is 11.3. The zero-order valence-electron chi connectivity index (χ0n) is 15.8. The van der Waals surface area contributed by atoms with Crippen molar-refractivity contribution >= 4 is 5.97 Å². The first-order valence-corrected chi connectivity index (χ1v) is 9.64. The highest BCUT2D eigenvalue weighted by atomic mass is 16.5. The minimum Gasteiger partial charge on any atom is -0.463 e. The Morgan fingerprint density at radius 2 is 1.92 bits per heavy atom. The van der Waals surface area contributed by atoms with Gasteiger partial charge in [0, 0.05) is 31.9 Å². The van der Waals surface area contributed by atoms with Gasteiger partial charge in [-0.05, 0) is 31.7 Å². The predicted octanol–water partition coefficient (Wildman–Crippen LogP) is 3.06. The smallest absolute Gasteiger partial charge is 0.343 e. The molecule has 0 amide bonds. The molecule has 0 radical (unpaired) electrons. The Bertz CT molecular complexity index is 627. The van der Waals surface area contributed by atoms with Gasteiger partial charge in [-0.25, -0.2) is 4.79 Å². The maximum Gasteiger partial charge on any atom is 0.343 e. The number of esters is 1. The molecule has 2 atom stereocenters. The Labute approximate surface area is 156 Å². The Balaban J connectivity index is 1.59. The fraction of sp³-hybridized carbons (Fsp3) is 0.571. The van der Waals surface area contributed by atoms with Crippen LogP contribution in [-0.2, 0) is 15.1 Å². The molecular formula is C21H30N2O3. The van der Waals surface area contributed by atoms with E-state index in [1.54, 1.807) is 0 Å². The molecule has 1 N–H and O–H groups in total. The lowest BCUT2D eigenvalue weighted by atomic mass is 9.80. The fourth-order valence-electron chi connectivity index (χ4n) is 4.01. The molecule has 1 heterocycles. The molecule has 2 unspecified atom stereocenters. The van der Waals surface area contributed by atoms with Crippen LogP contribution in [0.2, 0.25) is 0 Å². The zero-order chi connectivity index (χ0) is 18.6. The number of ether oxygens (including phenoxy) is 1. The monoisotopic (exact) mass is 358 g/mol. The van der Waals surface area contributed by atoms with E-state index < -0.39 is 11.6 Å². The number of aliphatic hydroxyl groups is 1. The van der Waals surface area contributed by atoms with Gasteiger partial charge in [-0.2, -0.15) is 0 Å². The molecule has 5 nitrogen and oxygen atoms in total. The molecule has 142 valence electrons. The lowest BCUT2D eigenvalue weighted by Gasteiger charge is -2.32. The van der Waals surface area contributed by atoms with E-state index in [1.165, 1.54) is 0 Å². The third-order valence-electron chi connectivity index (χ3n) is 5.83. The van der Waals surface area contributed by atoms with Crippen molar-refractivity contribution in [1.29, 1.82) is 0 Å². The summed E-state index contributed by atoms with van der Waals surface area (Å²) in [5.74, 6) is -0.565. The van der Waals surface area contributed by atoms with Crippen LogP contribution in [0.25, 0.3) is 0 Å². The molecule has 1 aromatic rings. The minimum absolute atomic E-state index is 0.0624. The van der Waals surface area contributed by atoms with Crippen molar-refractivity contribution in [3.8, 4) is 0 Å². The number of carbonyl (C=O) groups is 1. The molecule has 1 aliphatic carbocycles. The topological polar surface area (TPSA) is 53.0 Å². The van der Waals surface area contributed by atoms with Crippen molar-refractivity contribution in [2.24, 2.45) is 5.92 Å². The van der Waals surface area contributed by atoms with Crippen LogP contribution in [-0.4, -0.2) is 47.2 Å². The second kappa shape index (κ2) is 8.12. The number of benzene rings is 1. The summed E-state index contributed by atoms with van der Waals surface area (Å²) >= 11 is 0. The van der Waals surface area contributed by atoms with Crippen LogP contribution in [0.3, 0.4) is 0 Å². The predicted molar refractivity (Wildman–Crippen MR) is 101 cm³/mol. The van der Waals surface area contributed by atoms with Crippen molar-refractivity contribution in [2.75, 3.05) is 20.2 Å². The average Bonchev–Trinajstić information content (AvgIpc) is 3.31. The Hall–Kier alpha value is -2.01. The number of hydrogen-bond acceptors (Lipinski definition) is 5. The molecule has 0 bridgehead atoms. The second-order valence-electron chi connectivity index (χ2n) is 7.44. The summed E-state index contributed by atoms with van der Waals surface area (Å²) in [7, 11) is 2.04. The van der Waals surface area contributed by atoms with Gasteiger partial charge in [0.25, 0.3) is 0 Å².